The third kappa shape index (κ3) is 10.9. The third-order valence-corrected chi connectivity index (χ3v) is 7.31. The van der Waals surface area contributed by atoms with Gasteiger partial charge in [-0.1, -0.05) is 69.0 Å². The largest absolute Gasteiger partial charge is 0.507 e. The van der Waals surface area contributed by atoms with E-state index >= 15 is 0 Å². The number of aromatic hydroxyl groups is 1. The van der Waals surface area contributed by atoms with E-state index in [1.807, 2.05) is 32.0 Å². The number of carbonyl (C=O) groups is 4. The number of benzene rings is 2. The monoisotopic (exact) mass is 610 g/mol. The summed E-state index contributed by atoms with van der Waals surface area (Å²) in [6, 6.07) is 8.25. The van der Waals surface area contributed by atoms with Crippen molar-refractivity contribution in [3.05, 3.63) is 58.7 Å². The Morgan fingerprint density at radius 3 is 2.11 bits per heavy atom. The van der Waals surface area contributed by atoms with Crippen molar-refractivity contribution < 1.29 is 29.0 Å². The molecule has 2 aromatic carbocycles. The van der Waals surface area contributed by atoms with E-state index in [4.69, 9.17) is 10.5 Å². The topological polar surface area (TPSA) is 151 Å². The van der Waals surface area contributed by atoms with Crippen LogP contribution in [0.5, 0.6) is 5.75 Å². The molecule has 0 aliphatic heterocycles. The Balaban J connectivity index is 2.65. The smallest absolute Gasteiger partial charge is 0.408 e. The van der Waals surface area contributed by atoms with Gasteiger partial charge in [0.2, 0.25) is 11.8 Å². The number of nitrogens with zero attached hydrogens (tertiary/aromatic N) is 1. The highest BCUT2D eigenvalue weighted by molar-refractivity contribution is 6.00. The second kappa shape index (κ2) is 16.7. The van der Waals surface area contributed by atoms with Crippen LogP contribution in [-0.4, -0.2) is 52.0 Å². The highest BCUT2D eigenvalue weighted by atomic mass is 16.6. The molecule has 5 N–H and O–H groups in total. The molecule has 0 heterocycles. The Kier molecular flexibility index (Phi) is 13.7. The van der Waals surface area contributed by atoms with Crippen LogP contribution in [0.2, 0.25) is 0 Å². The minimum atomic E-state index is -1.25. The number of hydrogen-bond acceptors (Lipinski definition) is 6. The Morgan fingerprint density at radius 1 is 0.932 bits per heavy atom. The van der Waals surface area contributed by atoms with E-state index < -0.39 is 41.5 Å². The number of primary amides is 1. The summed E-state index contributed by atoms with van der Waals surface area (Å²) < 4.78 is 5.41. The van der Waals surface area contributed by atoms with Crippen LogP contribution in [0.4, 0.5) is 10.5 Å². The molecule has 0 saturated carbocycles. The number of carbonyl (C=O) groups excluding carboxylic acids is 4. The number of unbranched alkanes of at least 4 members (excludes halogenated alkanes) is 4. The predicted octanol–water partition coefficient (Wildman–Crippen LogP) is 5.96. The van der Waals surface area contributed by atoms with E-state index in [0.29, 0.717) is 17.7 Å². The van der Waals surface area contributed by atoms with Gasteiger partial charge >= 0.3 is 6.09 Å². The lowest BCUT2D eigenvalue weighted by Gasteiger charge is -2.35. The fourth-order valence-corrected chi connectivity index (χ4v) is 5.00. The molecule has 2 aromatic rings. The summed E-state index contributed by atoms with van der Waals surface area (Å²) >= 11 is 0. The molecular formula is C34H50N4O6. The molecule has 0 saturated heterocycles. The zero-order valence-electron chi connectivity index (χ0n) is 27.3. The lowest BCUT2D eigenvalue weighted by Crippen LogP contribution is -2.53. The van der Waals surface area contributed by atoms with Gasteiger partial charge in [0.15, 0.2) is 0 Å². The summed E-state index contributed by atoms with van der Waals surface area (Å²) in [7, 11) is 0. The van der Waals surface area contributed by atoms with Gasteiger partial charge in [0.25, 0.3) is 5.91 Å². The van der Waals surface area contributed by atoms with E-state index in [1.54, 1.807) is 45.9 Å². The maximum Gasteiger partial charge on any atom is 0.408 e. The normalized spacial score (nSPS) is 12.6. The van der Waals surface area contributed by atoms with Crippen molar-refractivity contribution in [2.45, 2.75) is 111 Å². The van der Waals surface area contributed by atoms with E-state index in [9.17, 15) is 24.3 Å². The highest BCUT2D eigenvalue weighted by Crippen LogP contribution is 2.34. The Morgan fingerprint density at radius 2 is 1.52 bits per heavy atom. The van der Waals surface area contributed by atoms with Gasteiger partial charge in [0.05, 0.1) is 0 Å². The quantitative estimate of drug-likeness (QED) is 0.183. The average Bonchev–Trinajstić information content (AvgIpc) is 2.93. The number of ether oxygens (including phenoxy) is 1. The van der Waals surface area contributed by atoms with Gasteiger partial charge in [-0.05, 0) is 71.1 Å². The number of aryl methyl sites for hydroxylation is 3. The van der Waals surface area contributed by atoms with Crippen molar-refractivity contribution in [2.24, 2.45) is 5.73 Å². The Labute approximate surface area is 261 Å². The summed E-state index contributed by atoms with van der Waals surface area (Å²) in [5, 5.41) is 16.8. The van der Waals surface area contributed by atoms with Crippen molar-refractivity contribution in [3.8, 4) is 5.75 Å². The zero-order chi connectivity index (χ0) is 33.0. The van der Waals surface area contributed by atoms with Crippen LogP contribution in [0.1, 0.15) is 101 Å². The molecule has 0 aliphatic carbocycles. The molecule has 4 amide bonds. The minimum absolute atomic E-state index is 0.0925. The standard InChI is InChI=1S/C34H50N4O6/c1-8-9-10-11-12-21-38(32(42)26(19-20-27(35)39)36-33(43)44-34(5,6)7)29(25-18-14-17-24(4)30(25)40)31(41)37-28-22(2)15-13-16-23(28)3/h13-18,26,29,40H,8-12,19-21H2,1-7H3,(H2,35,39)(H,36,43)(H,37,41). The van der Waals surface area contributed by atoms with Gasteiger partial charge in [-0.2, -0.15) is 0 Å². The van der Waals surface area contributed by atoms with Crippen LogP contribution in [0.3, 0.4) is 0 Å². The molecule has 242 valence electrons. The zero-order valence-corrected chi connectivity index (χ0v) is 27.3. The van der Waals surface area contributed by atoms with E-state index in [1.165, 1.54) is 4.90 Å². The molecule has 2 unspecified atom stereocenters. The summed E-state index contributed by atoms with van der Waals surface area (Å²) in [4.78, 5) is 54.6. The molecule has 2 atom stereocenters. The molecule has 0 aromatic heterocycles. The summed E-state index contributed by atoms with van der Waals surface area (Å²) in [6.07, 6.45) is 3.32. The van der Waals surface area contributed by atoms with Gasteiger partial charge in [-0.3, -0.25) is 14.4 Å². The minimum Gasteiger partial charge on any atom is -0.507 e. The van der Waals surface area contributed by atoms with Gasteiger partial charge in [-0.15, -0.1) is 0 Å². The number of phenols is 1. The summed E-state index contributed by atoms with van der Waals surface area (Å²) in [5.74, 6) is -1.85. The van der Waals surface area contributed by atoms with Crippen molar-refractivity contribution in [3.63, 3.8) is 0 Å². The molecular weight excluding hydrogens is 560 g/mol. The van der Waals surface area contributed by atoms with Crippen molar-refractivity contribution in [1.82, 2.24) is 10.2 Å². The molecule has 0 spiro atoms. The number of alkyl carbamates (subject to hydrolysis) is 1. The number of phenolic OH excluding ortho intramolecular Hbond substituents is 1. The number of anilines is 1. The Bertz CT molecular complexity index is 1280. The molecule has 0 fully saturated rings. The lowest BCUT2D eigenvalue weighted by atomic mass is 9.97. The van der Waals surface area contributed by atoms with Crippen molar-refractivity contribution in [1.29, 1.82) is 0 Å². The number of nitrogens with two attached hydrogens (primary N) is 1. The van der Waals surface area contributed by atoms with Crippen molar-refractivity contribution >= 4 is 29.5 Å². The molecule has 0 radical (unpaired) electrons. The highest BCUT2D eigenvalue weighted by Gasteiger charge is 2.38. The second-order valence-corrected chi connectivity index (χ2v) is 12.3. The number of nitrogens with one attached hydrogen (secondary N) is 2. The number of rotatable bonds is 15. The van der Waals surface area contributed by atoms with Crippen LogP contribution in [0.25, 0.3) is 0 Å². The first-order valence-corrected chi connectivity index (χ1v) is 15.4. The van der Waals surface area contributed by atoms with Crippen LogP contribution >= 0.6 is 0 Å². The molecule has 10 nitrogen and oxygen atoms in total. The summed E-state index contributed by atoms with van der Waals surface area (Å²) in [5.41, 5.74) is 7.68. The summed E-state index contributed by atoms with van der Waals surface area (Å²) in [6.45, 7) is 12.8. The lowest BCUT2D eigenvalue weighted by molar-refractivity contribution is -0.141. The number of hydrogen-bond donors (Lipinski definition) is 4. The van der Waals surface area contributed by atoms with Crippen LogP contribution in [0.15, 0.2) is 36.4 Å². The molecule has 0 bridgehead atoms. The molecule has 44 heavy (non-hydrogen) atoms. The SMILES string of the molecule is CCCCCCCN(C(=O)C(CCC(N)=O)NC(=O)OC(C)(C)C)C(C(=O)Nc1c(C)cccc1C)c1cccc(C)c1O. The van der Waals surface area contributed by atoms with E-state index in [-0.39, 0.29) is 30.7 Å². The maximum absolute atomic E-state index is 14.4. The molecule has 0 aliphatic rings. The number of amides is 4. The van der Waals surface area contributed by atoms with Crippen LogP contribution < -0.4 is 16.4 Å². The fraction of sp³-hybridized carbons (Fsp3) is 0.529. The first kappa shape index (κ1) is 36.1. The van der Waals surface area contributed by atoms with Crippen LogP contribution in [0, 0.1) is 20.8 Å². The predicted molar refractivity (Wildman–Crippen MR) is 172 cm³/mol. The van der Waals surface area contributed by atoms with Gasteiger partial charge < -0.3 is 31.1 Å². The first-order chi connectivity index (χ1) is 20.7. The maximum atomic E-state index is 14.4. The van der Waals surface area contributed by atoms with E-state index in [2.05, 4.69) is 17.6 Å². The van der Waals surface area contributed by atoms with Gasteiger partial charge in [-0.25, -0.2) is 4.79 Å². The van der Waals surface area contributed by atoms with Gasteiger partial charge in [0, 0.05) is 24.2 Å². The van der Waals surface area contributed by atoms with E-state index in [0.717, 1.165) is 36.8 Å². The molecule has 2 rings (SSSR count). The second-order valence-electron chi connectivity index (χ2n) is 12.3. The van der Waals surface area contributed by atoms with Crippen LogP contribution in [-0.2, 0) is 19.1 Å². The number of para-hydroxylation sites is 2. The van der Waals surface area contributed by atoms with Crippen molar-refractivity contribution in [2.75, 3.05) is 11.9 Å². The average molecular weight is 611 g/mol. The fourth-order valence-electron chi connectivity index (χ4n) is 5.00. The Hall–Kier alpha value is -4.08. The van der Waals surface area contributed by atoms with Gasteiger partial charge in [0.1, 0.15) is 23.4 Å². The first-order valence-electron chi connectivity index (χ1n) is 15.4. The third-order valence-electron chi connectivity index (χ3n) is 7.31. The molecule has 10 heteroatoms.